The van der Waals surface area contributed by atoms with Crippen LogP contribution in [0.5, 0.6) is 0 Å². The van der Waals surface area contributed by atoms with E-state index in [1.165, 1.54) is 0 Å². The average molecular weight is 288 g/mol. The highest BCUT2D eigenvalue weighted by molar-refractivity contribution is 6.42. The molecule has 1 aromatic rings. The van der Waals surface area contributed by atoms with Crippen LogP contribution in [0.2, 0.25) is 10.0 Å². The monoisotopic (exact) mass is 287 g/mol. The third kappa shape index (κ3) is 2.97. The molecule has 3 nitrogen and oxygen atoms in total. The Kier molecular flexibility index (Phi) is 4.15. The fraction of sp³-hybridized carbons (Fsp3) is 0.462. The third-order valence-electron chi connectivity index (χ3n) is 3.26. The normalized spacial score (nSPS) is 16.9. The Hall–Kier alpha value is -0.770. The number of aliphatic carboxylic acids is 1. The van der Waals surface area contributed by atoms with Gasteiger partial charge < -0.3 is 5.11 Å². The molecule has 0 spiro atoms. The second-order valence-electron chi connectivity index (χ2n) is 4.62. The van der Waals surface area contributed by atoms with Crippen molar-refractivity contribution in [2.24, 2.45) is 0 Å². The lowest BCUT2D eigenvalue weighted by atomic mass is 10.1. The molecule has 1 atom stereocenters. The Bertz CT molecular complexity index is 460. The highest BCUT2D eigenvalue weighted by atomic mass is 35.5. The predicted molar refractivity (Wildman–Crippen MR) is 72.2 cm³/mol. The summed E-state index contributed by atoms with van der Waals surface area (Å²) in [6, 6.07) is 5.78. The number of carbonyl (C=O) groups is 1. The number of hydrogen-bond acceptors (Lipinski definition) is 2. The summed E-state index contributed by atoms with van der Waals surface area (Å²) in [5.74, 6) is -0.813. The molecule has 0 heterocycles. The van der Waals surface area contributed by atoms with Gasteiger partial charge in [0, 0.05) is 12.1 Å². The van der Waals surface area contributed by atoms with Gasteiger partial charge in [0.1, 0.15) is 0 Å². The summed E-state index contributed by atoms with van der Waals surface area (Å²) < 4.78 is 0. The second-order valence-corrected chi connectivity index (χ2v) is 5.40. The van der Waals surface area contributed by atoms with Crippen LogP contribution in [0.25, 0.3) is 0 Å². The van der Waals surface area contributed by atoms with Crippen molar-refractivity contribution in [2.75, 3.05) is 6.54 Å². The van der Waals surface area contributed by atoms with Crippen LogP contribution in [0.4, 0.5) is 0 Å². The van der Waals surface area contributed by atoms with Crippen LogP contribution < -0.4 is 0 Å². The summed E-state index contributed by atoms with van der Waals surface area (Å²) in [7, 11) is 0. The molecule has 1 N–H and O–H groups in total. The van der Waals surface area contributed by atoms with Crippen LogP contribution >= 0.6 is 23.2 Å². The molecule has 0 aliphatic heterocycles. The molecular weight excluding hydrogens is 273 g/mol. The lowest BCUT2D eigenvalue weighted by Gasteiger charge is -2.28. The number of halogens is 2. The third-order valence-corrected chi connectivity index (χ3v) is 4.10. The summed E-state index contributed by atoms with van der Waals surface area (Å²) in [5, 5.41) is 10.0. The summed E-state index contributed by atoms with van der Waals surface area (Å²) in [6.07, 6.45) is 2.10. The Morgan fingerprint density at radius 3 is 2.72 bits per heavy atom. The zero-order chi connectivity index (χ0) is 13.3. The first-order valence-electron chi connectivity index (χ1n) is 5.92. The summed E-state index contributed by atoms with van der Waals surface area (Å²) in [5.41, 5.74) is 0.886. The average Bonchev–Trinajstić information content (AvgIpc) is 3.12. The topological polar surface area (TPSA) is 40.5 Å². The predicted octanol–water partition coefficient (Wildman–Crippen LogP) is 3.60. The van der Waals surface area contributed by atoms with Crippen molar-refractivity contribution in [3.63, 3.8) is 0 Å². The first-order chi connectivity index (χ1) is 8.50. The molecule has 1 aromatic carbocycles. The molecule has 18 heavy (non-hydrogen) atoms. The van der Waals surface area contributed by atoms with Crippen molar-refractivity contribution in [3.8, 4) is 0 Å². The van der Waals surface area contributed by atoms with Gasteiger partial charge in [-0.1, -0.05) is 35.3 Å². The van der Waals surface area contributed by atoms with E-state index in [2.05, 4.69) is 0 Å². The van der Waals surface area contributed by atoms with Gasteiger partial charge in [0.2, 0.25) is 0 Å². The molecule has 0 aromatic heterocycles. The molecule has 0 bridgehead atoms. The largest absolute Gasteiger partial charge is 0.480 e. The van der Waals surface area contributed by atoms with Gasteiger partial charge in [0.15, 0.2) is 0 Å². The second kappa shape index (κ2) is 5.47. The van der Waals surface area contributed by atoms with Gasteiger partial charge >= 0.3 is 5.97 Å². The number of nitrogens with zero attached hydrogens (tertiary/aromatic N) is 1. The van der Waals surface area contributed by atoms with E-state index >= 15 is 0 Å². The van der Waals surface area contributed by atoms with Gasteiger partial charge in [-0.05, 0) is 31.4 Å². The zero-order valence-electron chi connectivity index (χ0n) is 10.1. The lowest BCUT2D eigenvalue weighted by Crippen LogP contribution is -2.34. The van der Waals surface area contributed by atoms with Crippen LogP contribution in [0.15, 0.2) is 18.2 Å². The van der Waals surface area contributed by atoms with E-state index in [0.717, 1.165) is 18.4 Å². The van der Waals surface area contributed by atoms with Gasteiger partial charge in [-0.15, -0.1) is 0 Å². The van der Waals surface area contributed by atoms with Crippen LogP contribution in [0.3, 0.4) is 0 Å². The van der Waals surface area contributed by atoms with E-state index in [1.54, 1.807) is 6.07 Å². The maximum Gasteiger partial charge on any atom is 0.317 e. The van der Waals surface area contributed by atoms with Gasteiger partial charge in [-0.25, -0.2) is 0 Å². The smallest absolute Gasteiger partial charge is 0.317 e. The van der Waals surface area contributed by atoms with Crippen LogP contribution in [0.1, 0.15) is 31.4 Å². The van der Waals surface area contributed by atoms with E-state index in [9.17, 15) is 4.79 Å². The Morgan fingerprint density at radius 1 is 1.50 bits per heavy atom. The minimum Gasteiger partial charge on any atom is -0.480 e. The standard InChI is InChI=1S/C13H15Cl2NO2/c1-8(10-3-2-4-11(14)13(10)15)16(7-12(17)18)9-5-6-9/h2-4,8-9H,5-7H2,1H3,(H,17,18). The lowest BCUT2D eigenvalue weighted by molar-refractivity contribution is -0.139. The minimum atomic E-state index is -0.813. The van der Waals surface area contributed by atoms with Crippen molar-refractivity contribution in [3.05, 3.63) is 33.8 Å². The maximum atomic E-state index is 10.9. The first kappa shape index (κ1) is 13.7. The molecule has 2 rings (SSSR count). The van der Waals surface area contributed by atoms with E-state index in [4.69, 9.17) is 28.3 Å². The van der Waals surface area contributed by atoms with E-state index < -0.39 is 5.97 Å². The quantitative estimate of drug-likeness (QED) is 0.900. The van der Waals surface area contributed by atoms with Gasteiger partial charge in [0.05, 0.1) is 16.6 Å². The SMILES string of the molecule is CC(c1cccc(Cl)c1Cl)N(CC(=O)O)C1CC1. The maximum absolute atomic E-state index is 10.9. The molecule has 0 saturated heterocycles. The number of carboxylic acid groups (broad SMARTS) is 1. The zero-order valence-corrected chi connectivity index (χ0v) is 11.6. The Balaban J connectivity index is 2.24. The Morgan fingerprint density at radius 2 is 2.17 bits per heavy atom. The van der Waals surface area contributed by atoms with Crippen molar-refractivity contribution in [2.45, 2.75) is 31.8 Å². The minimum absolute atomic E-state index is 0.0364. The highest BCUT2D eigenvalue weighted by Crippen LogP contribution is 2.38. The molecule has 1 aliphatic rings. The van der Waals surface area contributed by atoms with Gasteiger partial charge in [-0.2, -0.15) is 0 Å². The van der Waals surface area contributed by atoms with Crippen molar-refractivity contribution in [1.82, 2.24) is 4.90 Å². The molecule has 5 heteroatoms. The highest BCUT2D eigenvalue weighted by Gasteiger charge is 2.34. The fourth-order valence-corrected chi connectivity index (χ4v) is 2.63. The Labute approximate surface area is 116 Å². The summed E-state index contributed by atoms with van der Waals surface area (Å²) in [4.78, 5) is 12.9. The van der Waals surface area contributed by atoms with Gasteiger partial charge in [0.25, 0.3) is 0 Å². The fourth-order valence-electron chi connectivity index (χ4n) is 2.17. The van der Waals surface area contributed by atoms with Crippen LogP contribution in [-0.2, 0) is 4.79 Å². The van der Waals surface area contributed by atoms with Gasteiger partial charge in [-0.3, -0.25) is 9.69 Å². The molecule has 0 amide bonds. The van der Waals surface area contributed by atoms with E-state index in [1.807, 2.05) is 24.0 Å². The molecule has 98 valence electrons. The summed E-state index contributed by atoms with van der Waals surface area (Å²) in [6.45, 7) is 2.01. The molecular formula is C13H15Cl2NO2. The van der Waals surface area contributed by atoms with Crippen molar-refractivity contribution in [1.29, 1.82) is 0 Å². The number of benzene rings is 1. The van der Waals surface area contributed by atoms with Crippen LogP contribution in [-0.4, -0.2) is 28.6 Å². The molecule has 0 radical (unpaired) electrons. The molecule has 1 fully saturated rings. The molecule has 1 unspecified atom stereocenters. The van der Waals surface area contributed by atoms with E-state index in [-0.39, 0.29) is 12.6 Å². The first-order valence-corrected chi connectivity index (χ1v) is 6.67. The van der Waals surface area contributed by atoms with Crippen molar-refractivity contribution >= 4 is 29.2 Å². The summed E-state index contributed by atoms with van der Waals surface area (Å²) >= 11 is 12.2. The molecule has 1 aliphatic carbocycles. The van der Waals surface area contributed by atoms with Crippen molar-refractivity contribution < 1.29 is 9.90 Å². The number of hydrogen-bond donors (Lipinski definition) is 1. The number of rotatable bonds is 5. The van der Waals surface area contributed by atoms with E-state index in [0.29, 0.717) is 16.1 Å². The number of carboxylic acids is 1. The molecule has 1 saturated carbocycles. The van der Waals surface area contributed by atoms with Crippen LogP contribution in [0, 0.1) is 0 Å².